The van der Waals surface area contributed by atoms with E-state index in [1.54, 1.807) is 40.6 Å². The van der Waals surface area contributed by atoms with E-state index in [9.17, 15) is 19.5 Å². The maximum absolute atomic E-state index is 14.1. The summed E-state index contributed by atoms with van der Waals surface area (Å²) in [5, 5.41) is 9.84. The Morgan fingerprint density at radius 3 is 2.74 bits per heavy atom. The number of unbranched alkanes of at least 4 members (excludes halogenated alkanes) is 2. The molecule has 7 atom stereocenters. The van der Waals surface area contributed by atoms with Gasteiger partial charge in [0.2, 0.25) is 11.8 Å². The average Bonchev–Trinajstić information content (AvgIpc) is 3.41. The van der Waals surface area contributed by atoms with Crippen molar-refractivity contribution >= 4 is 45.5 Å². The summed E-state index contributed by atoms with van der Waals surface area (Å²) in [6.07, 6.45) is 7.46. The largest absolute Gasteiger partial charge is 0.465 e. The average molecular weight is 558 g/mol. The molecule has 0 saturated carbocycles. The fraction of sp³-hybridized carbons (Fsp3) is 0.720. The Hall–Kier alpha value is -1.32. The van der Waals surface area contributed by atoms with Crippen LogP contribution in [-0.2, 0) is 19.1 Å². The van der Waals surface area contributed by atoms with Crippen LogP contribution in [0.1, 0.15) is 46.0 Å². The van der Waals surface area contributed by atoms with Crippen molar-refractivity contribution in [3.63, 3.8) is 0 Å². The third kappa shape index (κ3) is 4.72. The van der Waals surface area contributed by atoms with Gasteiger partial charge in [-0.3, -0.25) is 14.4 Å². The van der Waals surface area contributed by atoms with Crippen molar-refractivity contribution in [3.05, 3.63) is 25.3 Å². The van der Waals surface area contributed by atoms with E-state index in [2.05, 4.69) is 36.0 Å². The van der Waals surface area contributed by atoms with Crippen molar-refractivity contribution in [2.24, 2.45) is 11.8 Å². The minimum absolute atomic E-state index is 0.00821. The second-order valence-electron chi connectivity index (χ2n) is 9.47. The number of esters is 1. The first kappa shape index (κ1) is 27.3. The fourth-order valence-electron chi connectivity index (χ4n) is 5.69. The number of aliphatic hydroxyl groups is 1. The zero-order valence-corrected chi connectivity index (χ0v) is 22.6. The van der Waals surface area contributed by atoms with Gasteiger partial charge in [-0.15, -0.1) is 24.9 Å². The van der Waals surface area contributed by atoms with Crippen LogP contribution in [0.2, 0.25) is 0 Å². The summed E-state index contributed by atoms with van der Waals surface area (Å²) in [5.74, 6) is -2.01. The number of thioether (sulfide) groups is 1. The second-order valence-corrected chi connectivity index (χ2v) is 12.2. The molecule has 0 aliphatic carbocycles. The minimum Gasteiger partial charge on any atom is -0.465 e. The summed E-state index contributed by atoms with van der Waals surface area (Å²) in [7, 11) is 0. The number of ether oxygens (including phenoxy) is 1. The van der Waals surface area contributed by atoms with Crippen molar-refractivity contribution in [1.29, 1.82) is 0 Å². The lowest BCUT2D eigenvalue weighted by atomic mass is 9.71. The van der Waals surface area contributed by atoms with Crippen molar-refractivity contribution in [2.45, 2.75) is 72.9 Å². The second kappa shape index (κ2) is 11.6. The summed E-state index contributed by atoms with van der Waals surface area (Å²) in [4.78, 5) is 44.4. The van der Waals surface area contributed by atoms with Gasteiger partial charge in [0.05, 0.1) is 35.8 Å². The van der Waals surface area contributed by atoms with E-state index in [0.29, 0.717) is 25.9 Å². The summed E-state index contributed by atoms with van der Waals surface area (Å²) in [6.45, 7) is 12.3. The van der Waals surface area contributed by atoms with E-state index < -0.39 is 28.7 Å². The number of halogens is 1. The number of carbonyl (C=O) groups is 3. The van der Waals surface area contributed by atoms with Crippen LogP contribution >= 0.6 is 27.7 Å². The van der Waals surface area contributed by atoms with Gasteiger partial charge < -0.3 is 19.6 Å². The number of nitrogens with zero attached hydrogens (tertiary/aromatic N) is 2. The molecule has 34 heavy (non-hydrogen) atoms. The Morgan fingerprint density at radius 2 is 2.12 bits per heavy atom. The maximum Gasteiger partial charge on any atom is 0.310 e. The quantitative estimate of drug-likeness (QED) is 0.162. The number of hydrogen-bond donors (Lipinski definition) is 1. The van der Waals surface area contributed by atoms with Gasteiger partial charge in [0, 0.05) is 23.2 Å². The van der Waals surface area contributed by atoms with Crippen LogP contribution in [0, 0.1) is 11.8 Å². The van der Waals surface area contributed by atoms with Crippen LogP contribution in [0.25, 0.3) is 0 Å². The maximum atomic E-state index is 14.1. The highest BCUT2D eigenvalue weighted by Gasteiger charge is 2.76. The van der Waals surface area contributed by atoms with E-state index >= 15 is 0 Å². The van der Waals surface area contributed by atoms with Crippen molar-refractivity contribution < 1.29 is 24.2 Å². The van der Waals surface area contributed by atoms with Crippen LogP contribution in [-0.4, -0.2) is 85.9 Å². The van der Waals surface area contributed by atoms with Crippen LogP contribution < -0.4 is 0 Å². The zero-order chi connectivity index (χ0) is 25.0. The SMILES string of the molecule is C=CCCOC(=O)[C@H]1[C@@H]2SC3(CC2Br)C(C(=O)N(CC=C)CCCCC)N([C@H](C)CO)C(=O)[C@H]13. The van der Waals surface area contributed by atoms with Gasteiger partial charge in [0.25, 0.3) is 0 Å². The first-order valence-electron chi connectivity index (χ1n) is 12.2. The molecule has 3 heterocycles. The fourth-order valence-corrected chi connectivity index (χ4v) is 9.27. The molecule has 7 nitrogen and oxygen atoms in total. The lowest BCUT2D eigenvalue weighted by Gasteiger charge is -2.39. The van der Waals surface area contributed by atoms with Crippen LogP contribution in [0.5, 0.6) is 0 Å². The van der Waals surface area contributed by atoms with Crippen molar-refractivity contribution in [3.8, 4) is 0 Å². The van der Waals surface area contributed by atoms with Crippen LogP contribution in [0.4, 0.5) is 0 Å². The topological polar surface area (TPSA) is 87.2 Å². The molecule has 3 fully saturated rings. The van der Waals surface area contributed by atoms with Gasteiger partial charge in [-0.2, -0.15) is 0 Å². The lowest BCUT2D eigenvalue weighted by molar-refractivity contribution is -0.154. The molecule has 2 amide bonds. The van der Waals surface area contributed by atoms with E-state index in [-0.39, 0.29) is 41.1 Å². The molecule has 3 aliphatic heterocycles. The lowest BCUT2D eigenvalue weighted by Crippen LogP contribution is -2.57. The van der Waals surface area contributed by atoms with Crippen molar-refractivity contribution in [1.82, 2.24) is 9.80 Å². The highest BCUT2D eigenvalue weighted by Crippen LogP contribution is 2.68. The number of alkyl halides is 1. The Balaban J connectivity index is 1.99. The molecule has 1 N–H and O–H groups in total. The number of aliphatic hydroxyl groups excluding tert-OH is 1. The molecule has 0 radical (unpaired) electrons. The van der Waals surface area contributed by atoms with Gasteiger partial charge in [-0.25, -0.2) is 0 Å². The van der Waals surface area contributed by atoms with E-state index in [1.165, 1.54) is 0 Å². The zero-order valence-electron chi connectivity index (χ0n) is 20.2. The number of carbonyl (C=O) groups excluding carboxylic acids is 3. The molecule has 2 bridgehead atoms. The van der Waals surface area contributed by atoms with E-state index in [4.69, 9.17) is 4.74 Å². The summed E-state index contributed by atoms with van der Waals surface area (Å²) in [5.41, 5.74) is 0. The highest BCUT2D eigenvalue weighted by atomic mass is 79.9. The molecule has 190 valence electrons. The van der Waals surface area contributed by atoms with Gasteiger partial charge in [-0.05, 0) is 26.2 Å². The molecule has 3 rings (SSSR count). The Kier molecular flexibility index (Phi) is 9.31. The summed E-state index contributed by atoms with van der Waals surface area (Å²) in [6, 6.07) is -1.27. The molecule has 3 saturated heterocycles. The first-order valence-corrected chi connectivity index (χ1v) is 14.0. The predicted molar refractivity (Wildman–Crippen MR) is 138 cm³/mol. The minimum atomic E-state index is -0.741. The molecule has 0 aromatic rings. The van der Waals surface area contributed by atoms with Crippen molar-refractivity contribution in [2.75, 3.05) is 26.3 Å². The molecule has 0 aromatic carbocycles. The molecule has 0 aromatic heterocycles. The number of fused-ring (bicyclic) bond motifs is 1. The third-order valence-electron chi connectivity index (χ3n) is 7.23. The van der Waals surface area contributed by atoms with Gasteiger partial charge >= 0.3 is 5.97 Å². The van der Waals surface area contributed by atoms with Gasteiger partial charge in [-0.1, -0.05) is 47.8 Å². The normalized spacial score (nSPS) is 32.4. The number of amides is 2. The molecule has 3 unspecified atom stereocenters. The number of hydrogen-bond acceptors (Lipinski definition) is 6. The first-order chi connectivity index (χ1) is 16.3. The van der Waals surface area contributed by atoms with E-state index in [0.717, 1.165) is 19.3 Å². The van der Waals surface area contributed by atoms with E-state index in [1.807, 2.05) is 0 Å². The Bertz CT molecular complexity index is 810. The summed E-state index contributed by atoms with van der Waals surface area (Å²) < 4.78 is 4.78. The van der Waals surface area contributed by atoms with Crippen LogP contribution in [0.3, 0.4) is 0 Å². The standard InChI is InChI=1S/C25H37BrN2O5S/c1-5-8-10-12-27(11-7-3)23(31)21-25-14-17(26)20(34-25)18(24(32)33-13-9-6-2)19(25)22(30)28(21)16(4)15-29/h6-7,16-21,29H,2-3,5,8-15H2,1,4H3/t16-,17?,18-,19+,20-,21?,25?/m1/s1. The highest BCUT2D eigenvalue weighted by molar-refractivity contribution is 9.09. The van der Waals surface area contributed by atoms with Gasteiger partial charge in [0.15, 0.2) is 0 Å². The Labute approximate surface area is 215 Å². The van der Waals surface area contributed by atoms with Crippen LogP contribution in [0.15, 0.2) is 25.3 Å². The molecule has 9 heteroatoms. The molecule has 1 spiro atoms. The predicted octanol–water partition coefficient (Wildman–Crippen LogP) is 3.16. The molecular formula is C25H37BrN2O5S. The Morgan fingerprint density at radius 1 is 1.38 bits per heavy atom. The molecule has 3 aliphatic rings. The third-order valence-corrected chi connectivity index (χ3v) is 10.5. The monoisotopic (exact) mass is 556 g/mol. The van der Waals surface area contributed by atoms with Gasteiger partial charge in [0.1, 0.15) is 6.04 Å². The number of rotatable bonds is 13. The smallest absolute Gasteiger partial charge is 0.310 e. The molecular weight excluding hydrogens is 520 g/mol. The summed E-state index contributed by atoms with van der Waals surface area (Å²) >= 11 is 5.33. The number of likely N-dealkylation sites (tertiary alicyclic amines) is 1.